The first-order valence-electron chi connectivity index (χ1n) is 10.8. The third kappa shape index (κ3) is 6.54. The molecule has 1 unspecified atom stereocenters. The van der Waals surface area contributed by atoms with Gasteiger partial charge in [-0.1, -0.05) is 12.1 Å². The third-order valence-electron chi connectivity index (χ3n) is 5.62. The molecule has 5 N–H and O–H groups in total. The van der Waals surface area contributed by atoms with Crippen LogP contribution in [-0.4, -0.2) is 65.2 Å². The van der Waals surface area contributed by atoms with E-state index in [2.05, 4.69) is 19.8 Å². The van der Waals surface area contributed by atoms with Crippen LogP contribution in [0.1, 0.15) is 24.8 Å². The lowest BCUT2D eigenvalue weighted by Crippen LogP contribution is -2.31. The molecule has 4 rings (SSSR count). The van der Waals surface area contributed by atoms with Gasteiger partial charge in [0.05, 0.1) is 18.0 Å². The number of benzene rings is 1. The van der Waals surface area contributed by atoms with Crippen molar-refractivity contribution >= 4 is 43.6 Å². The van der Waals surface area contributed by atoms with E-state index < -0.39 is 64.2 Å². The van der Waals surface area contributed by atoms with Crippen molar-refractivity contribution in [3.05, 3.63) is 53.2 Å². The molecular weight excluding hydrogens is 560 g/mol. The van der Waals surface area contributed by atoms with Crippen molar-refractivity contribution in [2.24, 2.45) is 0 Å². The minimum Gasteiger partial charge on any atom is -0.387 e. The molecule has 17 heteroatoms. The van der Waals surface area contributed by atoms with Crippen molar-refractivity contribution in [3.8, 4) is 0 Å². The van der Waals surface area contributed by atoms with Crippen LogP contribution in [0.5, 0.6) is 0 Å². The maximum absolute atomic E-state index is 15.0. The SMILES string of the molecule is C[C@H](Nc1nc(Cl)nc2c1ccn2[C@@H]1O[C@H](COP(=O)(O)CP(=O)(O)O)[C@@H](O)[C@@H]1F)c1cccc(F)c1. The van der Waals surface area contributed by atoms with E-state index in [1.165, 1.54) is 22.9 Å². The predicted molar refractivity (Wildman–Crippen MR) is 128 cm³/mol. The Morgan fingerprint density at radius 2 is 2.00 bits per heavy atom. The molecule has 1 saturated heterocycles. The molecule has 1 aliphatic heterocycles. The highest BCUT2D eigenvalue weighted by Crippen LogP contribution is 2.55. The minimum atomic E-state index is -4.87. The van der Waals surface area contributed by atoms with Gasteiger partial charge in [0.25, 0.3) is 0 Å². The van der Waals surface area contributed by atoms with E-state index in [1.54, 1.807) is 25.1 Å². The normalized spacial score (nSPS) is 24.8. The number of aliphatic hydroxyl groups excluding tert-OH is 1. The summed E-state index contributed by atoms with van der Waals surface area (Å²) in [7, 11) is -9.61. The van der Waals surface area contributed by atoms with Crippen LogP contribution < -0.4 is 5.32 Å². The van der Waals surface area contributed by atoms with Gasteiger partial charge in [-0.25, -0.2) is 13.8 Å². The zero-order chi connectivity index (χ0) is 27.1. The Hall–Kier alpha value is -1.99. The van der Waals surface area contributed by atoms with E-state index in [0.29, 0.717) is 10.9 Å². The van der Waals surface area contributed by atoms with Gasteiger partial charge in [-0.3, -0.25) is 9.13 Å². The highest BCUT2D eigenvalue weighted by atomic mass is 35.5. The second kappa shape index (κ2) is 10.6. The summed E-state index contributed by atoms with van der Waals surface area (Å²) in [5.74, 6) is -1.57. The largest absolute Gasteiger partial charge is 0.387 e. The van der Waals surface area contributed by atoms with Gasteiger partial charge >= 0.3 is 15.2 Å². The van der Waals surface area contributed by atoms with Crippen LogP contribution in [0.15, 0.2) is 36.5 Å². The summed E-state index contributed by atoms with van der Waals surface area (Å²) >= 11 is 6.10. The van der Waals surface area contributed by atoms with Crippen molar-refractivity contribution in [3.63, 3.8) is 0 Å². The van der Waals surface area contributed by atoms with Crippen LogP contribution in [0.25, 0.3) is 11.0 Å². The van der Waals surface area contributed by atoms with Gasteiger partial charge in [-0.2, -0.15) is 4.98 Å². The van der Waals surface area contributed by atoms with Crippen molar-refractivity contribution in [2.75, 3.05) is 17.8 Å². The van der Waals surface area contributed by atoms with Gasteiger partial charge in [0.15, 0.2) is 18.3 Å². The molecule has 2 aromatic heterocycles. The Balaban J connectivity index is 1.55. The Kier molecular flexibility index (Phi) is 8.06. The van der Waals surface area contributed by atoms with Crippen LogP contribution in [-0.2, 0) is 18.4 Å². The maximum Gasteiger partial charge on any atom is 0.340 e. The molecule has 0 amide bonds. The Morgan fingerprint density at radius 3 is 2.68 bits per heavy atom. The number of aliphatic hydroxyl groups is 1. The van der Waals surface area contributed by atoms with E-state index >= 15 is 4.39 Å². The summed E-state index contributed by atoms with van der Waals surface area (Å²) in [6.45, 7) is 0.970. The predicted octanol–water partition coefficient (Wildman–Crippen LogP) is 3.33. The molecule has 1 fully saturated rings. The fourth-order valence-electron chi connectivity index (χ4n) is 3.92. The lowest BCUT2D eigenvalue weighted by molar-refractivity contribution is -0.0423. The minimum absolute atomic E-state index is 0.143. The van der Waals surface area contributed by atoms with E-state index in [0.717, 1.165) is 0 Å². The summed E-state index contributed by atoms with van der Waals surface area (Å²) in [6.07, 6.45) is -5.27. The molecule has 6 atom stereocenters. The van der Waals surface area contributed by atoms with Crippen LogP contribution in [0, 0.1) is 5.82 Å². The number of aromatic nitrogens is 3. The van der Waals surface area contributed by atoms with Gasteiger partial charge in [-0.05, 0) is 42.3 Å². The van der Waals surface area contributed by atoms with Crippen LogP contribution >= 0.6 is 26.8 Å². The van der Waals surface area contributed by atoms with E-state index in [1.807, 2.05) is 0 Å². The number of hydrogen-bond donors (Lipinski definition) is 5. The van der Waals surface area contributed by atoms with E-state index in [-0.39, 0.29) is 16.7 Å². The number of anilines is 1. The molecular formula is C20H23ClF2N4O8P2. The molecule has 3 heterocycles. The number of hydrogen-bond acceptors (Lipinski definition) is 8. The highest BCUT2D eigenvalue weighted by molar-refractivity contribution is 7.70. The summed E-state index contributed by atoms with van der Waals surface area (Å²) in [5.41, 5.74) is 0.779. The molecule has 0 aliphatic carbocycles. The maximum atomic E-state index is 15.0. The fourth-order valence-corrected chi connectivity index (χ4v) is 6.65. The zero-order valence-corrected chi connectivity index (χ0v) is 21.6. The van der Waals surface area contributed by atoms with Crippen LogP contribution in [0.4, 0.5) is 14.6 Å². The molecule has 3 aromatic rings. The Morgan fingerprint density at radius 1 is 1.27 bits per heavy atom. The number of rotatable bonds is 9. The number of halogens is 3. The van der Waals surface area contributed by atoms with Crippen LogP contribution in [0.3, 0.4) is 0 Å². The molecule has 1 aromatic carbocycles. The molecule has 1 aliphatic rings. The molecule has 0 radical (unpaired) electrons. The van der Waals surface area contributed by atoms with Gasteiger partial charge in [0.1, 0.15) is 29.5 Å². The van der Waals surface area contributed by atoms with Gasteiger partial charge in [-0.15, -0.1) is 0 Å². The van der Waals surface area contributed by atoms with Crippen molar-refractivity contribution in [1.82, 2.24) is 14.5 Å². The highest BCUT2D eigenvalue weighted by Gasteiger charge is 2.47. The molecule has 37 heavy (non-hydrogen) atoms. The lowest BCUT2D eigenvalue weighted by Gasteiger charge is -2.19. The summed E-state index contributed by atoms with van der Waals surface area (Å²) in [6, 6.07) is 7.12. The van der Waals surface area contributed by atoms with Crippen LogP contribution in [0.2, 0.25) is 5.28 Å². The Bertz CT molecular complexity index is 1390. The summed E-state index contributed by atoms with van der Waals surface area (Å²) in [4.78, 5) is 35.7. The number of nitrogens with zero attached hydrogens (tertiary/aromatic N) is 3. The second-order valence-electron chi connectivity index (χ2n) is 8.46. The smallest absolute Gasteiger partial charge is 0.340 e. The average molecular weight is 583 g/mol. The molecule has 0 bridgehead atoms. The first-order valence-corrected chi connectivity index (χ1v) is 14.7. The number of alkyl halides is 1. The number of nitrogens with one attached hydrogen (secondary N) is 1. The summed E-state index contributed by atoms with van der Waals surface area (Å²) in [5, 5.41) is 13.6. The molecule has 0 spiro atoms. The standard InChI is InChI=1S/C20H23ClF2N4O8P2/c1-10(11-3-2-4-12(22)7-11)24-17-13-5-6-27(18(13)26-20(21)25-17)19-15(23)16(28)14(35-19)8-34-37(32,33)9-36(29,30)31/h2-7,10,14-16,19,28H,8-9H2,1H3,(H,32,33)(H,24,25,26)(H2,29,30,31)/t10-,14+,15-,16+,19+/m0/s1. The van der Waals surface area contributed by atoms with E-state index in [4.69, 9.17) is 26.1 Å². The van der Waals surface area contributed by atoms with E-state index in [9.17, 15) is 23.5 Å². The van der Waals surface area contributed by atoms with Gasteiger partial charge in [0, 0.05) is 6.20 Å². The lowest BCUT2D eigenvalue weighted by atomic mass is 10.1. The summed E-state index contributed by atoms with van der Waals surface area (Å²) < 4.78 is 63.0. The van der Waals surface area contributed by atoms with Crippen molar-refractivity contribution < 1.29 is 47.0 Å². The zero-order valence-electron chi connectivity index (χ0n) is 19.1. The monoisotopic (exact) mass is 582 g/mol. The molecule has 0 saturated carbocycles. The number of fused-ring (bicyclic) bond motifs is 1. The van der Waals surface area contributed by atoms with Gasteiger partial charge < -0.3 is 38.9 Å². The fraction of sp³-hybridized carbons (Fsp3) is 0.400. The average Bonchev–Trinajstić information content (AvgIpc) is 3.32. The van der Waals surface area contributed by atoms with Gasteiger partial charge in [0.2, 0.25) is 5.28 Å². The van der Waals surface area contributed by atoms with Crippen molar-refractivity contribution in [1.29, 1.82) is 0 Å². The quantitative estimate of drug-likeness (QED) is 0.185. The second-order valence-corrected chi connectivity index (χ2v) is 12.8. The third-order valence-corrected chi connectivity index (χ3v) is 9.24. The van der Waals surface area contributed by atoms with Crippen molar-refractivity contribution in [2.45, 2.75) is 37.6 Å². The first kappa shape index (κ1) is 28.0. The molecule has 202 valence electrons. The Labute approximate surface area is 213 Å². The topological polar surface area (TPSA) is 176 Å². The molecule has 12 nitrogen and oxygen atoms in total. The first-order chi connectivity index (χ1) is 17.2. The number of ether oxygens (including phenoxy) is 1.